The van der Waals surface area contributed by atoms with Gasteiger partial charge in [0.25, 0.3) is 0 Å². The van der Waals surface area contributed by atoms with Crippen LogP contribution in [-0.4, -0.2) is 24.2 Å². The second kappa shape index (κ2) is 4.24. The number of rotatable bonds is 4. The molecular formula is C10H25N2+. The van der Waals surface area contributed by atoms with Gasteiger partial charge in [0.2, 0.25) is 0 Å². The van der Waals surface area contributed by atoms with E-state index < -0.39 is 0 Å². The summed E-state index contributed by atoms with van der Waals surface area (Å²) < 4.78 is 0. The zero-order valence-electron chi connectivity index (χ0n) is 9.49. The van der Waals surface area contributed by atoms with Crippen LogP contribution in [0.2, 0.25) is 0 Å². The predicted octanol–water partition coefficient (Wildman–Crippen LogP) is 0.736. The van der Waals surface area contributed by atoms with E-state index in [-0.39, 0.29) is 11.1 Å². The summed E-state index contributed by atoms with van der Waals surface area (Å²) in [6, 6.07) is 0. The third-order valence-corrected chi connectivity index (χ3v) is 1.66. The van der Waals surface area contributed by atoms with Crippen molar-refractivity contribution in [1.82, 2.24) is 5.32 Å². The third-order valence-electron chi connectivity index (χ3n) is 1.66. The van der Waals surface area contributed by atoms with Gasteiger partial charge in [-0.1, -0.05) is 0 Å². The monoisotopic (exact) mass is 173 g/mol. The topological polar surface area (TPSA) is 28.6 Å². The Morgan fingerprint density at radius 2 is 1.58 bits per heavy atom. The molecule has 0 bridgehead atoms. The van der Waals surface area contributed by atoms with E-state index in [2.05, 4.69) is 52.2 Å². The zero-order valence-corrected chi connectivity index (χ0v) is 9.49. The summed E-state index contributed by atoms with van der Waals surface area (Å²) in [4.78, 5) is 0. The first-order valence-corrected chi connectivity index (χ1v) is 4.88. The molecule has 0 aliphatic rings. The maximum Gasteiger partial charge on any atom is 0.0934 e. The molecule has 0 aromatic rings. The van der Waals surface area contributed by atoms with Crippen molar-refractivity contribution in [2.45, 2.75) is 52.6 Å². The van der Waals surface area contributed by atoms with E-state index in [1.165, 1.54) is 0 Å². The molecule has 0 spiro atoms. The zero-order chi connectivity index (χ0) is 9.83. The van der Waals surface area contributed by atoms with E-state index >= 15 is 0 Å². The molecule has 0 amide bonds. The molecule has 0 saturated carbocycles. The number of nitrogens with one attached hydrogen (secondary N) is 1. The summed E-state index contributed by atoms with van der Waals surface area (Å²) in [6.07, 6.45) is 0. The van der Waals surface area contributed by atoms with E-state index in [0.29, 0.717) is 0 Å². The van der Waals surface area contributed by atoms with Gasteiger partial charge in [-0.05, 0) is 41.5 Å². The molecule has 12 heavy (non-hydrogen) atoms. The van der Waals surface area contributed by atoms with E-state index in [4.69, 9.17) is 0 Å². The van der Waals surface area contributed by atoms with Crippen LogP contribution < -0.4 is 10.6 Å². The minimum Gasteiger partial charge on any atom is -0.345 e. The molecule has 0 aromatic heterocycles. The van der Waals surface area contributed by atoms with Gasteiger partial charge in [0.1, 0.15) is 0 Å². The standard InChI is InChI=1S/C10H24N2/c1-7-11-8-10(5,6)12-9(2,3)4/h11-12H,7-8H2,1-6H3/p+1. The van der Waals surface area contributed by atoms with Gasteiger partial charge in [-0.15, -0.1) is 0 Å². The van der Waals surface area contributed by atoms with Crippen LogP contribution in [0.15, 0.2) is 0 Å². The Bertz CT molecular complexity index is 122. The van der Waals surface area contributed by atoms with Gasteiger partial charge in [0.15, 0.2) is 0 Å². The molecule has 3 N–H and O–H groups in total. The Morgan fingerprint density at radius 1 is 1.08 bits per heavy atom. The quantitative estimate of drug-likeness (QED) is 0.645. The van der Waals surface area contributed by atoms with Crippen LogP contribution in [-0.2, 0) is 0 Å². The smallest absolute Gasteiger partial charge is 0.0934 e. The van der Waals surface area contributed by atoms with Crippen molar-refractivity contribution in [3.8, 4) is 0 Å². The second-order valence-corrected chi connectivity index (χ2v) is 5.16. The summed E-state index contributed by atoms with van der Waals surface area (Å²) in [5.74, 6) is 0. The van der Waals surface area contributed by atoms with Crippen LogP contribution in [0.3, 0.4) is 0 Å². The summed E-state index contributed by atoms with van der Waals surface area (Å²) in [6.45, 7) is 15.6. The minimum atomic E-state index is 0.213. The number of nitrogens with two attached hydrogens (primary N) is 1. The first-order valence-electron chi connectivity index (χ1n) is 4.88. The van der Waals surface area contributed by atoms with Crippen molar-refractivity contribution in [3.05, 3.63) is 0 Å². The normalized spacial score (nSPS) is 13.5. The lowest BCUT2D eigenvalue weighted by atomic mass is 9.99. The Balaban J connectivity index is 3.86. The largest absolute Gasteiger partial charge is 0.345 e. The van der Waals surface area contributed by atoms with E-state index in [1.807, 2.05) is 0 Å². The molecule has 0 aliphatic heterocycles. The maximum atomic E-state index is 3.60. The van der Waals surface area contributed by atoms with E-state index in [0.717, 1.165) is 13.1 Å². The molecule has 0 unspecified atom stereocenters. The van der Waals surface area contributed by atoms with Crippen LogP contribution in [0, 0.1) is 0 Å². The fraction of sp³-hybridized carbons (Fsp3) is 1.00. The first-order chi connectivity index (χ1) is 5.27. The highest BCUT2D eigenvalue weighted by Crippen LogP contribution is 2.07. The summed E-state index contributed by atoms with van der Waals surface area (Å²) in [5.41, 5.74) is 0.444. The minimum absolute atomic E-state index is 0.213. The summed E-state index contributed by atoms with van der Waals surface area (Å²) in [5, 5.41) is 5.93. The van der Waals surface area contributed by atoms with Gasteiger partial charge < -0.3 is 10.6 Å². The molecule has 0 aliphatic carbocycles. The Hall–Kier alpha value is -0.0800. The van der Waals surface area contributed by atoms with Crippen LogP contribution in [0.5, 0.6) is 0 Å². The average molecular weight is 173 g/mol. The lowest BCUT2D eigenvalue weighted by Gasteiger charge is -2.33. The Morgan fingerprint density at radius 3 is 1.92 bits per heavy atom. The van der Waals surface area contributed by atoms with E-state index in [1.54, 1.807) is 0 Å². The van der Waals surface area contributed by atoms with Gasteiger partial charge >= 0.3 is 0 Å². The van der Waals surface area contributed by atoms with E-state index in [9.17, 15) is 0 Å². The van der Waals surface area contributed by atoms with Crippen molar-refractivity contribution in [3.63, 3.8) is 0 Å². The molecule has 0 atom stereocenters. The van der Waals surface area contributed by atoms with Gasteiger partial charge in [-0.3, -0.25) is 0 Å². The average Bonchev–Trinajstić information content (AvgIpc) is 1.78. The summed E-state index contributed by atoms with van der Waals surface area (Å²) in [7, 11) is 0. The molecule has 0 heterocycles. The lowest BCUT2D eigenvalue weighted by molar-refractivity contribution is -0.658. The fourth-order valence-corrected chi connectivity index (χ4v) is 1.57. The number of hydrogen-bond donors (Lipinski definition) is 2. The van der Waals surface area contributed by atoms with Crippen molar-refractivity contribution in [2.24, 2.45) is 0 Å². The Kier molecular flexibility index (Phi) is 4.21. The lowest BCUT2D eigenvalue weighted by Crippen LogP contribution is -2.88. The van der Waals surface area contributed by atoms with Crippen molar-refractivity contribution in [1.29, 1.82) is 0 Å². The van der Waals surface area contributed by atoms with Crippen LogP contribution in [0.1, 0.15) is 41.5 Å². The third kappa shape index (κ3) is 6.62. The summed E-state index contributed by atoms with van der Waals surface area (Å²) >= 11 is 0. The maximum absolute atomic E-state index is 3.60. The van der Waals surface area contributed by atoms with Crippen LogP contribution >= 0.6 is 0 Å². The molecule has 0 aromatic carbocycles. The number of hydrogen-bond acceptors (Lipinski definition) is 1. The highest BCUT2D eigenvalue weighted by Gasteiger charge is 2.24. The van der Waals surface area contributed by atoms with Gasteiger partial charge in [-0.2, -0.15) is 0 Å². The van der Waals surface area contributed by atoms with Crippen molar-refractivity contribution < 1.29 is 5.32 Å². The van der Waals surface area contributed by atoms with Gasteiger partial charge in [0, 0.05) is 5.54 Å². The SMILES string of the molecule is CC[NH2+]CC(C)(C)NC(C)(C)C. The second-order valence-electron chi connectivity index (χ2n) is 5.16. The molecule has 2 heteroatoms. The highest BCUT2D eigenvalue weighted by molar-refractivity contribution is 4.84. The molecule has 0 saturated heterocycles. The van der Waals surface area contributed by atoms with Crippen LogP contribution in [0.25, 0.3) is 0 Å². The van der Waals surface area contributed by atoms with Crippen molar-refractivity contribution in [2.75, 3.05) is 13.1 Å². The highest BCUT2D eigenvalue weighted by atomic mass is 15.1. The fourth-order valence-electron chi connectivity index (χ4n) is 1.57. The number of likely N-dealkylation sites (N-methyl/N-ethyl adjacent to an activating group) is 1. The molecule has 0 rings (SSSR count). The molecule has 0 fully saturated rings. The molecule has 74 valence electrons. The van der Waals surface area contributed by atoms with Crippen LogP contribution in [0.4, 0.5) is 0 Å². The Labute approximate surface area is 77.1 Å². The molecular weight excluding hydrogens is 148 g/mol. The van der Waals surface area contributed by atoms with Gasteiger partial charge in [0.05, 0.1) is 18.6 Å². The molecule has 0 radical (unpaired) electrons. The van der Waals surface area contributed by atoms with Gasteiger partial charge in [-0.25, -0.2) is 0 Å². The molecule has 2 nitrogen and oxygen atoms in total. The predicted molar refractivity (Wildman–Crippen MR) is 54.3 cm³/mol. The number of quaternary nitrogens is 1. The van der Waals surface area contributed by atoms with Crippen molar-refractivity contribution >= 4 is 0 Å². The first kappa shape index (κ1) is 11.9.